The van der Waals surface area contributed by atoms with E-state index in [2.05, 4.69) is 10.0 Å². The molecule has 0 aromatic heterocycles. The molecule has 1 fully saturated rings. The Hall–Kier alpha value is -1.60. The van der Waals surface area contributed by atoms with Gasteiger partial charge in [-0.1, -0.05) is 0 Å². The minimum Gasteiger partial charge on any atom is -0.399 e. The molecule has 1 aliphatic rings. The topological polar surface area (TPSA) is 101 Å². The molecule has 1 aromatic rings. The maximum Gasteiger partial charge on any atom is 0.240 e. The van der Waals surface area contributed by atoms with Crippen LogP contribution in [0.15, 0.2) is 29.2 Å². The Morgan fingerprint density at radius 1 is 1.25 bits per heavy atom. The van der Waals surface area contributed by atoms with Gasteiger partial charge in [0, 0.05) is 24.7 Å². The lowest BCUT2D eigenvalue weighted by molar-refractivity contribution is -0.121. The van der Waals surface area contributed by atoms with E-state index in [9.17, 15) is 13.2 Å². The Labute approximate surface area is 118 Å². The highest BCUT2D eigenvalue weighted by atomic mass is 32.2. The van der Waals surface area contributed by atoms with Gasteiger partial charge in [0.1, 0.15) is 0 Å². The third kappa shape index (κ3) is 4.50. The third-order valence-corrected chi connectivity index (χ3v) is 4.48. The van der Waals surface area contributed by atoms with Gasteiger partial charge in [0.05, 0.1) is 4.90 Å². The summed E-state index contributed by atoms with van der Waals surface area (Å²) in [7, 11) is -3.52. The number of nitrogens with two attached hydrogens (primary N) is 1. The van der Waals surface area contributed by atoms with E-state index in [0.717, 1.165) is 12.8 Å². The maximum atomic E-state index is 11.9. The van der Waals surface area contributed by atoms with E-state index in [-0.39, 0.29) is 17.3 Å². The smallest absolute Gasteiger partial charge is 0.240 e. The van der Waals surface area contributed by atoms with Gasteiger partial charge in [-0.3, -0.25) is 4.79 Å². The molecule has 2 rings (SSSR count). The molecular weight excluding hydrogens is 278 g/mol. The molecule has 110 valence electrons. The van der Waals surface area contributed by atoms with Crippen LogP contribution in [0.3, 0.4) is 0 Å². The maximum absolute atomic E-state index is 11.9. The van der Waals surface area contributed by atoms with Gasteiger partial charge in [0.15, 0.2) is 0 Å². The molecule has 0 atom stereocenters. The summed E-state index contributed by atoms with van der Waals surface area (Å²) in [6.45, 7) is 0.241. The number of anilines is 1. The van der Waals surface area contributed by atoms with Gasteiger partial charge in [-0.05, 0) is 43.5 Å². The van der Waals surface area contributed by atoms with E-state index in [0.29, 0.717) is 24.6 Å². The Kier molecular flexibility index (Phi) is 4.61. The van der Waals surface area contributed by atoms with E-state index in [1.807, 2.05) is 0 Å². The number of nitrogens with one attached hydrogen (secondary N) is 2. The Morgan fingerprint density at radius 2 is 1.90 bits per heavy atom. The van der Waals surface area contributed by atoms with Crippen molar-refractivity contribution in [3.8, 4) is 0 Å². The summed E-state index contributed by atoms with van der Waals surface area (Å²) in [5.74, 6) is -0.0146. The Morgan fingerprint density at radius 3 is 2.50 bits per heavy atom. The predicted octanol–water partition coefficient (Wildman–Crippen LogP) is 0.606. The van der Waals surface area contributed by atoms with E-state index in [1.165, 1.54) is 24.3 Å². The van der Waals surface area contributed by atoms with Crippen molar-refractivity contribution >= 4 is 21.6 Å². The molecule has 1 saturated carbocycles. The molecule has 0 bridgehead atoms. The van der Waals surface area contributed by atoms with E-state index >= 15 is 0 Å². The minimum absolute atomic E-state index is 0.0146. The first kappa shape index (κ1) is 14.8. The van der Waals surface area contributed by atoms with Gasteiger partial charge in [-0.2, -0.15) is 0 Å². The summed E-state index contributed by atoms with van der Waals surface area (Å²) in [5, 5.41) is 2.86. The first-order valence-corrected chi connectivity index (χ1v) is 8.10. The Bertz CT molecular complexity index is 565. The highest BCUT2D eigenvalue weighted by molar-refractivity contribution is 7.89. The van der Waals surface area contributed by atoms with Crippen molar-refractivity contribution in [1.82, 2.24) is 10.0 Å². The lowest BCUT2D eigenvalue weighted by Gasteiger charge is -2.07. The fourth-order valence-electron chi connectivity index (χ4n) is 1.71. The third-order valence-electron chi connectivity index (χ3n) is 3.01. The summed E-state index contributed by atoms with van der Waals surface area (Å²) in [6.07, 6.45) is 2.92. The van der Waals surface area contributed by atoms with Crippen LogP contribution in [0.25, 0.3) is 0 Å². The lowest BCUT2D eigenvalue weighted by atomic mass is 10.3. The number of carbonyl (C=O) groups excluding carboxylic acids is 1. The second-order valence-electron chi connectivity index (χ2n) is 4.91. The summed E-state index contributed by atoms with van der Waals surface area (Å²) < 4.78 is 26.3. The number of benzene rings is 1. The van der Waals surface area contributed by atoms with Gasteiger partial charge < -0.3 is 11.1 Å². The molecule has 0 spiro atoms. The van der Waals surface area contributed by atoms with Gasteiger partial charge in [0.25, 0.3) is 0 Å². The molecule has 0 heterocycles. The molecule has 7 heteroatoms. The Balaban J connectivity index is 1.74. The van der Waals surface area contributed by atoms with Crippen LogP contribution in [0.5, 0.6) is 0 Å². The van der Waals surface area contributed by atoms with Crippen LogP contribution in [-0.2, 0) is 14.8 Å². The fraction of sp³-hybridized carbons (Fsp3) is 0.462. The quantitative estimate of drug-likeness (QED) is 0.507. The molecular formula is C13H19N3O3S. The zero-order chi connectivity index (χ0) is 14.6. The van der Waals surface area contributed by atoms with E-state index in [4.69, 9.17) is 5.73 Å². The molecule has 1 aromatic carbocycles. The monoisotopic (exact) mass is 297 g/mol. The number of nitrogen functional groups attached to an aromatic ring is 1. The van der Waals surface area contributed by atoms with Crippen molar-refractivity contribution in [3.05, 3.63) is 24.3 Å². The van der Waals surface area contributed by atoms with Crippen LogP contribution >= 0.6 is 0 Å². The zero-order valence-electron chi connectivity index (χ0n) is 11.1. The number of amides is 1. The molecule has 0 radical (unpaired) electrons. The average Bonchev–Trinajstić information content (AvgIpc) is 3.19. The van der Waals surface area contributed by atoms with Crippen LogP contribution in [0, 0.1) is 0 Å². The van der Waals surface area contributed by atoms with Crippen molar-refractivity contribution in [1.29, 1.82) is 0 Å². The number of carbonyl (C=O) groups is 1. The summed E-state index contributed by atoms with van der Waals surface area (Å²) >= 11 is 0. The van der Waals surface area contributed by atoms with Crippen molar-refractivity contribution in [2.45, 2.75) is 36.6 Å². The predicted molar refractivity (Wildman–Crippen MR) is 76.4 cm³/mol. The van der Waals surface area contributed by atoms with Gasteiger partial charge >= 0.3 is 0 Å². The highest BCUT2D eigenvalue weighted by Gasteiger charge is 2.22. The molecule has 0 saturated heterocycles. The standard InChI is InChI=1S/C13H19N3O3S/c14-10-3-7-12(8-4-10)20(18,19)15-9-1-2-13(17)16-11-5-6-11/h3-4,7-8,11,15H,1-2,5-6,9,14H2,(H,16,17). The molecule has 1 aliphatic carbocycles. The van der Waals surface area contributed by atoms with Crippen LogP contribution in [-0.4, -0.2) is 26.9 Å². The number of hydrogen-bond donors (Lipinski definition) is 3. The number of hydrogen-bond acceptors (Lipinski definition) is 4. The molecule has 4 N–H and O–H groups in total. The molecule has 1 amide bonds. The lowest BCUT2D eigenvalue weighted by Crippen LogP contribution is -2.28. The number of sulfonamides is 1. The van der Waals surface area contributed by atoms with Crippen LogP contribution in [0.1, 0.15) is 25.7 Å². The zero-order valence-corrected chi connectivity index (χ0v) is 11.9. The second-order valence-corrected chi connectivity index (χ2v) is 6.68. The first-order valence-electron chi connectivity index (χ1n) is 6.62. The SMILES string of the molecule is Nc1ccc(S(=O)(=O)NCCCC(=O)NC2CC2)cc1. The van der Waals surface area contributed by atoms with Crippen molar-refractivity contribution in [2.75, 3.05) is 12.3 Å². The van der Waals surface area contributed by atoms with Gasteiger partial charge in [-0.25, -0.2) is 13.1 Å². The van der Waals surface area contributed by atoms with Crippen LogP contribution < -0.4 is 15.8 Å². The molecule has 0 unspecified atom stereocenters. The minimum atomic E-state index is -3.52. The van der Waals surface area contributed by atoms with Crippen molar-refractivity contribution in [3.63, 3.8) is 0 Å². The highest BCUT2D eigenvalue weighted by Crippen LogP contribution is 2.18. The molecule has 0 aliphatic heterocycles. The first-order chi connectivity index (χ1) is 9.47. The van der Waals surface area contributed by atoms with E-state index < -0.39 is 10.0 Å². The summed E-state index contributed by atoms with van der Waals surface area (Å²) in [5.41, 5.74) is 6.02. The van der Waals surface area contributed by atoms with E-state index in [1.54, 1.807) is 0 Å². The normalized spacial score (nSPS) is 15.0. The van der Waals surface area contributed by atoms with Crippen LogP contribution in [0.2, 0.25) is 0 Å². The molecule has 20 heavy (non-hydrogen) atoms. The second kappa shape index (κ2) is 6.23. The largest absolute Gasteiger partial charge is 0.399 e. The van der Waals surface area contributed by atoms with Crippen LogP contribution in [0.4, 0.5) is 5.69 Å². The fourth-order valence-corrected chi connectivity index (χ4v) is 2.79. The molecule has 6 nitrogen and oxygen atoms in total. The van der Waals surface area contributed by atoms with Gasteiger partial charge in [-0.15, -0.1) is 0 Å². The average molecular weight is 297 g/mol. The number of rotatable bonds is 7. The van der Waals surface area contributed by atoms with Crippen molar-refractivity contribution < 1.29 is 13.2 Å². The summed E-state index contributed by atoms with van der Waals surface area (Å²) in [6, 6.07) is 6.33. The van der Waals surface area contributed by atoms with Crippen molar-refractivity contribution in [2.24, 2.45) is 0 Å². The van der Waals surface area contributed by atoms with Gasteiger partial charge in [0.2, 0.25) is 15.9 Å². The summed E-state index contributed by atoms with van der Waals surface area (Å²) in [4.78, 5) is 11.6.